The SMILES string of the molecule is Cl.Cl.c1ccc2c([C@H](C3CCC3)N3CCNCC3)cccc2c1. The fourth-order valence-corrected chi connectivity index (χ4v) is 3.97. The second-order valence-electron chi connectivity index (χ2n) is 6.49. The van der Waals surface area contributed by atoms with E-state index in [1.54, 1.807) is 5.56 Å². The Labute approximate surface area is 151 Å². The zero-order valence-corrected chi connectivity index (χ0v) is 15.0. The first-order chi connectivity index (χ1) is 10.4. The number of nitrogens with one attached hydrogen (secondary N) is 1. The molecule has 0 bridgehead atoms. The number of rotatable bonds is 3. The minimum atomic E-state index is 0. The summed E-state index contributed by atoms with van der Waals surface area (Å²) in [5.41, 5.74) is 1.56. The Balaban J connectivity index is 0.000000960. The van der Waals surface area contributed by atoms with Crippen LogP contribution in [-0.2, 0) is 0 Å². The maximum absolute atomic E-state index is 3.49. The van der Waals surface area contributed by atoms with E-state index >= 15 is 0 Å². The molecule has 1 aliphatic heterocycles. The van der Waals surface area contributed by atoms with Crippen molar-refractivity contribution in [2.75, 3.05) is 26.2 Å². The van der Waals surface area contributed by atoms with Crippen molar-refractivity contribution in [3.63, 3.8) is 0 Å². The number of halogens is 2. The Bertz CT molecular complexity index is 616. The first-order valence-corrected chi connectivity index (χ1v) is 8.36. The Morgan fingerprint density at radius 3 is 2.30 bits per heavy atom. The molecular weight excluding hydrogens is 327 g/mol. The maximum atomic E-state index is 3.49. The molecule has 1 saturated heterocycles. The summed E-state index contributed by atoms with van der Waals surface area (Å²) >= 11 is 0. The monoisotopic (exact) mass is 352 g/mol. The van der Waals surface area contributed by atoms with Crippen LogP contribution in [0.15, 0.2) is 42.5 Å². The van der Waals surface area contributed by atoms with Crippen LogP contribution in [0.2, 0.25) is 0 Å². The summed E-state index contributed by atoms with van der Waals surface area (Å²) in [4.78, 5) is 2.72. The van der Waals surface area contributed by atoms with Gasteiger partial charge in [0, 0.05) is 32.2 Å². The highest BCUT2D eigenvalue weighted by atomic mass is 35.5. The maximum Gasteiger partial charge on any atom is 0.0383 e. The molecule has 2 aromatic carbocycles. The van der Waals surface area contributed by atoms with Crippen LogP contribution in [0, 0.1) is 5.92 Å². The summed E-state index contributed by atoms with van der Waals surface area (Å²) in [5.74, 6) is 0.855. The summed E-state index contributed by atoms with van der Waals surface area (Å²) in [6.45, 7) is 4.64. The van der Waals surface area contributed by atoms with E-state index in [0.29, 0.717) is 6.04 Å². The van der Waals surface area contributed by atoms with Crippen molar-refractivity contribution >= 4 is 35.6 Å². The van der Waals surface area contributed by atoms with Gasteiger partial charge in [-0.05, 0) is 35.1 Å². The van der Waals surface area contributed by atoms with E-state index in [2.05, 4.69) is 52.7 Å². The van der Waals surface area contributed by atoms with Gasteiger partial charge in [-0.1, -0.05) is 48.9 Å². The molecular formula is C19H26Cl2N2. The number of hydrogen-bond donors (Lipinski definition) is 1. The molecule has 2 fully saturated rings. The van der Waals surface area contributed by atoms with E-state index in [0.717, 1.165) is 19.0 Å². The average Bonchev–Trinajstić information content (AvgIpc) is 2.51. The van der Waals surface area contributed by atoms with E-state index in [4.69, 9.17) is 0 Å². The zero-order valence-electron chi connectivity index (χ0n) is 13.4. The van der Waals surface area contributed by atoms with Gasteiger partial charge in [0.2, 0.25) is 0 Å². The Hall–Kier alpha value is -0.800. The van der Waals surface area contributed by atoms with Gasteiger partial charge in [0.15, 0.2) is 0 Å². The molecule has 0 radical (unpaired) electrons. The highest BCUT2D eigenvalue weighted by molar-refractivity contribution is 5.86. The average molecular weight is 353 g/mol. The normalized spacial score (nSPS) is 20.2. The topological polar surface area (TPSA) is 15.3 Å². The van der Waals surface area contributed by atoms with Gasteiger partial charge in [-0.2, -0.15) is 0 Å². The fourth-order valence-electron chi connectivity index (χ4n) is 3.97. The van der Waals surface area contributed by atoms with Crippen LogP contribution in [0.5, 0.6) is 0 Å². The van der Waals surface area contributed by atoms with Crippen LogP contribution in [0.4, 0.5) is 0 Å². The van der Waals surface area contributed by atoms with Gasteiger partial charge in [-0.3, -0.25) is 4.90 Å². The van der Waals surface area contributed by atoms with Gasteiger partial charge in [0.05, 0.1) is 0 Å². The van der Waals surface area contributed by atoms with Crippen LogP contribution in [0.3, 0.4) is 0 Å². The van der Waals surface area contributed by atoms with E-state index in [-0.39, 0.29) is 24.8 Å². The molecule has 0 amide bonds. The van der Waals surface area contributed by atoms with Gasteiger partial charge in [0.1, 0.15) is 0 Å². The Morgan fingerprint density at radius 2 is 1.61 bits per heavy atom. The smallest absolute Gasteiger partial charge is 0.0383 e. The van der Waals surface area contributed by atoms with Crippen molar-refractivity contribution in [3.05, 3.63) is 48.0 Å². The summed E-state index contributed by atoms with van der Waals surface area (Å²) in [5, 5.41) is 6.33. The minimum absolute atomic E-state index is 0. The largest absolute Gasteiger partial charge is 0.314 e. The third kappa shape index (κ3) is 3.66. The quantitative estimate of drug-likeness (QED) is 0.878. The molecule has 4 rings (SSSR count). The van der Waals surface area contributed by atoms with Crippen molar-refractivity contribution in [2.24, 2.45) is 5.92 Å². The number of fused-ring (bicyclic) bond motifs is 1. The van der Waals surface area contributed by atoms with E-state index in [1.807, 2.05) is 0 Å². The summed E-state index contributed by atoms with van der Waals surface area (Å²) in [7, 11) is 0. The molecule has 2 nitrogen and oxygen atoms in total. The van der Waals surface area contributed by atoms with Gasteiger partial charge < -0.3 is 5.32 Å². The summed E-state index contributed by atoms with van der Waals surface area (Å²) in [6.07, 6.45) is 4.22. The van der Waals surface area contributed by atoms with Crippen LogP contribution in [-0.4, -0.2) is 31.1 Å². The lowest BCUT2D eigenvalue weighted by Gasteiger charge is -2.43. The number of piperazine rings is 1. The number of nitrogens with zero attached hydrogens (tertiary/aromatic N) is 1. The highest BCUT2D eigenvalue weighted by Crippen LogP contribution is 2.43. The predicted molar refractivity (Wildman–Crippen MR) is 103 cm³/mol. The highest BCUT2D eigenvalue weighted by Gasteiger charge is 2.34. The van der Waals surface area contributed by atoms with Gasteiger partial charge in [0.25, 0.3) is 0 Å². The van der Waals surface area contributed by atoms with Crippen LogP contribution < -0.4 is 5.32 Å². The van der Waals surface area contributed by atoms with Gasteiger partial charge >= 0.3 is 0 Å². The molecule has 1 aliphatic carbocycles. The molecule has 0 unspecified atom stereocenters. The van der Waals surface area contributed by atoms with Crippen molar-refractivity contribution in [1.29, 1.82) is 0 Å². The Kier molecular flexibility index (Phi) is 6.72. The van der Waals surface area contributed by atoms with Crippen LogP contribution in [0.25, 0.3) is 10.8 Å². The van der Waals surface area contributed by atoms with Gasteiger partial charge in [-0.25, -0.2) is 0 Å². The number of hydrogen-bond acceptors (Lipinski definition) is 2. The van der Waals surface area contributed by atoms with Crippen molar-refractivity contribution in [3.8, 4) is 0 Å². The van der Waals surface area contributed by atoms with Crippen LogP contribution >= 0.6 is 24.8 Å². The van der Waals surface area contributed by atoms with Crippen molar-refractivity contribution in [1.82, 2.24) is 10.2 Å². The molecule has 23 heavy (non-hydrogen) atoms. The third-order valence-corrected chi connectivity index (χ3v) is 5.28. The first kappa shape index (κ1) is 18.5. The van der Waals surface area contributed by atoms with Gasteiger partial charge in [-0.15, -0.1) is 24.8 Å². The Morgan fingerprint density at radius 1 is 0.913 bits per heavy atom. The predicted octanol–water partition coefficient (Wildman–Crippen LogP) is 4.43. The molecule has 1 heterocycles. The molecule has 1 atom stereocenters. The lowest BCUT2D eigenvalue weighted by Crippen LogP contribution is -2.47. The van der Waals surface area contributed by atoms with E-state index in [1.165, 1.54) is 43.1 Å². The zero-order chi connectivity index (χ0) is 14.1. The lowest BCUT2D eigenvalue weighted by atomic mass is 9.75. The molecule has 0 spiro atoms. The third-order valence-electron chi connectivity index (χ3n) is 5.28. The lowest BCUT2D eigenvalue weighted by molar-refractivity contribution is 0.0846. The fraction of sp³-hybridized carbons (Fsp3) is 0.474. The van der Waals surface area contributed by atoms with Crippen molar-refractivity contribution in [2.45, 2.75) is 25.3 Å². The molecule has 4 heteroatoms. The molecule has 0 aromatic heterocycles. The second-order valence-corrected chi connectivity index (χ2v) is 6.49. The van der Waals surface area contributed by atoms with E-state index < -0.39 is 0 Å². The second kappa shape index (κ2) is 8.34. The molecule has 126 valence electrons. The summed E-state index contributed by atoms with van der Waals surface area (Å²) < 4.78 is 0. The summed E-state index contributed by atoms with van der Waals surface area (Å²) in [6, 6.07) is 16.4. The molecule has 1 N–H and O–H groups in total. The van der Waals surface area contributed by atoms with Crippen LogP contribution in [0.1, 0.15) is 30.9 Å². The standard InChI is InChI=1S/C19H24N2.2ClH/c1-2-9-17-15(5-1)6-4-10-18(17)19(16-7-3-8-16)21-13-11-20-12-14-21;;/h1-2,4-6,9-10,16,19-20H,3,7-8,11-14H2;2*1H/t19-;;/m0../s1. The first-order valence-electron chi connectivity index (χ1n) is 8.36. The minimum Gasteiger partial charge on any atom is -0.314 e. The number of benzene rings is 2. The van der Waals surface area contributed by atoms with E-state index in [9.17, 15) is 0 Å². The molecule has 2 aliphatic rings. The molecule has 2 aromatic rings. The van der Waals surface area contributed by atoms with Crippen molar-refractivity contribution < 1.29 is 0 Å². The molecule has 1 saturated carbocycles.